The van der Waals surface area contributed by atoms with E-state index in [2.05, 4.69) is 30.3 Å². The molecule has 10 heteroatoms. The first-order valence-corrected chi connectivity index (χ1v) is 11.8. The molecule has 0 saturated carbocycles. The number of nitrogens with one attached hydrogen (secondary N) is 1. The summed E-state index contributed by atoms with van der Waals surface area (Å²) in [6.07, 6.45) is 9.26. The van der Waals surface area contributed by atoms with Gasteiger partial charge in [0.25, 0.3) is 5.91 Å². The van der Waals surface area contributed by atoms with Crippen LogP contribution in [0.5, 0.6) is 0 Å². The second-order valence-electron chi connectivity index (χ2n) is 8.88. The molecule has 0 bridgehead atoms. The molecule has 5 heterocycles. The Labute approximate surface area is 207 Å². The second-order valence-corrected chi connectivity index (χ2v) is 8.88. The number of carbonyl (C=O) groups is 2. The van der Waals surface area contributed by atoms with Crippen LogP contribution in [-0.2, 0) is 4.79 Å². The van der Waals surface area contributed by atoms with Gasteiger partial charge in [-0.25, -0.2) is 9.67 Å². The van der Waals surface area contributed by atoms with Crippen LogP contribution in [0, 0.1) is 0 Å². The van der Waals surface area contributed by atoms with Crippen LogP contribution in [-0.4, -0.2) is 66.7 Å². The van der Waals surface area contributed by atoms with Gasteiger partial charge in [-0.1, -0.05) is 18.2 Å². The molecule has 2 aliphatic rings. The number of nitrogens with zero attached hydrogens (tertiary/aromatic N) is 7. The van der Waals surface area contributed by atoms with Crippen molar-refractivity contribution in [3.8, 4) is 17.1 Å². The number of hydrogen-bond donors (Lipinski definition) is 1. The largest absolute Gasteiger partial charge is 0.339 e. The lowest BCUT2D eigenvalue weighted by atomic mass is 9.85. The molecule has 2 amide bonds. The van der Waals surface area contributed by atoms with Crippen LogP contribution < -0.4 is 10.2 Å². The normalized spacial score (nSPS) is 16.8. The summed E-state index contributed by atoms with van der Waals surface area (Å²) in [5.74, 6) is 0.361. The molecule has 1 aromatic carbocycles. The maximum absolute atomic E-state index is 13.6. The summed E-state index contributed by atoms with van der Waals surface area (Å²) >= 11 is 0. The number of anilines is 1. The summed E-state index contributed by atoms with van der Waals surface area (Å²) in [5, 5.41) is 7.61. The Kier molecular flexibility index (Phi) is 5.40. The first-order valence-electron chi connectivity index (χ1n) is 11.8. The molecule has 10 nitrogen and oxygen atoms in total. The van der Waals surface area contributed by atoms with Crippen molar-refractivity contribution < 1.29 is 9.59 Å². The highest BCUT2D eigenvalue weighted by Crippen LogP contribution is 2.36. The van der Waals surface area contributed by atoms with E-state index in [1.807, 2.05) is 42.5 Å². The Morgan fingerprint density at radius 1 is 0.944 bits per heavy atom. The number of amides is 2. The van der Waals surface area contributed by atoms with Crippen molar-refractivity contribution in [2.45, 2.75) is 18.4 Å². The topological polar surface area (TPSA) is 109 Å². The molecule has 4 aromatic rings. The van der Waals surface area contributed by atoms with E-state index in [0.717, 1.165) is 16.9 Å². The van der Waals surface area contributed by atoms with E-state index in [9.17, 15) is 9.59 Å². The highest BCUT2D eigenvalue weighted by molar-refractivity contribution is 5.96. The zero-order chi connectivity index (χ0) is 24.5. The minimum atomic E-state index is -0.653. The summed E-state index contributed by atoms with van der Waals surface area (Å²) in [6, 6.07) is 15.4. The molecule has 3 aromatic heterocycles. The number of carbonyl (C=O) groups excluding carboxylic acids is 2. The van der Waals surface area contributed by atoms with Gasteiger partial charge in [0.05, 0.1) is 18.6 Å². The summed E-state index contributed by atoms with van der Waals surface area (Å²) < 4.78 is 1.63. The van der Waals surface area contributed by atoms with Gasteiger partial charge in [0.1, 0.15) is 5.54 Å². The van der Waals surface area contributed by atoms with Crippen molar-refractivity contribution in [2.24, 2.45) is 0 Å². The van der Waals surface area contributed by atoms with E-state index < -0.39 is 5.54 Å². The molecule has 0 radical (unpaired) electrons. The van der Waals surface area contributed by atoms with Gasteiger partial charge in [0.15, 0.2) is 11.5 Å². The second kappa shape index (κ2) is 8.88. The third-order valence-electron chi connectivity index (χ3n) is 6.95. The quantitative estimate of drug-likeness (QED) is 0.477. The van der Waals surface area contributed by atoms with Crippen LogP contribution in [0.1, 0.15) is 23.3 Å². The average molecular weight is 481 g/mol. The first-order chi connectivity index (χ1) is 17.7. The lowest BCUT2D eigenvalue weighted by Gasteiger charge is -2.43. The van der Waals surface area contributed by atoms with Crippen LogP contribution in [0.25, 0.3) is 17.1 Å². The van der Waals surface area contributed by atoms with E-state index in [1.165, 1.54) is 0 Å². The summed E-state index contributed by atoms with van der Waals surface area (Å²) in [6.45, 7) is 1.38. The molecule has 1 spiro atoms. The van der Waals surface area contributed by atoms with Crippen LogP contribution in [0.3, 0.4) is 0 Å². The standard InChI is InChI=1S/C26H24N8O2/c35-24(21-16-22(19-6-10-27-11-7-19)34(31-21)23-17-28-12-13-29-23)32-14-8-26(9-15-32)25(36)30-18-33(26)20-4-2-1-3-5-20/h1-7,10-13,16-17H,8-9,14-15,18H2,(H,30,36). The van der Waals surface area contributed by atoms with Gasteiger partial charge >= 0.3 is 0 Å². The number of para-hydroxylation sites is 1. The van der Waals surface area contributed by atoms with Gasteiger partial charge in [-0.3, -0.25) is 19.6 Å². The maximum atomic E-state index is 13.6. The van der Waals surface area contributed by atoms with E-state index in [1.54, 1.807) is 46.6 Å². The van der Waals surface area contributed by atoms with Gasteiger partial charge in [0.2, 0.25) is 5.91 Å². The van der Waals surface area contributed by atoms with Gasteiger partial charge in [-0.05, 0) is 43.2 Å². The SMILES string of the molecule is O=C(c1cc(-c2ccncc2)n(-c2cnccn2)n1)N1CCC2(CC1)C(=O)NCN2c1ccccc1. The Bertz CT molecular complexity index is 1330. The van der Waals surface area contributed by atoms with Crippen LogP contribution in [0.2, 0.25) is 0 Å². The highest BCUT2D eigenvalue weighted by atomic mass is 16.2. The molecular weight excluding hydrogens is 456 g/mol. The van der Waals surface area contributed by atoms with E-state index in [0.29, 0.717) is 44.1 Å². The molecule has 0 unspecified atom stereocenters. The maximum Gasteiger partial charge on any atom is 0.274 e. The monoisotopic (exact) mass is 480 g/mol. The molecule has 6 rings (SSSR count). The summed E-state index contributed by atoms with van der Waals surface area (Å²) in [4.78, 5) is 43.0. The van der Waals surface area contributed by atoms with Gasteiger partial charge in [-0.2, -0.15) is 5.10 Å². The molecule has 0 atom stereocenters. The van der Waals surface area contributed by atoms with E-state index in [4.69, 9.17) is 0 Å². The number of aromatic nitrogens is 5. The molecular formula is C26H24N8O2. The molecule has 2 aliphatic heterocycles. The van der Waals surface area contributed by atoms with Crippen LogP contribution in [0.4, 0.5) is 5.69 Å². The lowest BCUT2D eigenvalue weighted by molar-refractivity contribution is -0.124. The Morgan fingerprint density at radius 2 is 1.72 bits per heavy atom. The number of pyridine rings is 1. The zero-order valence-electron chi connectivity index (χ0n) is 19.5. The molecule has 2 fully saturated rings. The average Bonchev–Trinajstić information content (AvgIpc) is 3.52. The van der Waals surface area contributed by atoms with E-state index in [-0.39, 0.29) is 11.8 Å². The number of hydrogen-bond acceptors (Lipinski definition) is 7. The smallest absolute Gasteiger partial charge is 0.274 e. The van der Waals surface area contributed by atoms with Gasteiger partial charge < -0.3 is 15.1 Å². The molecule has 0 aliphatic carbocycles. The third-order valence-corrected chi connectivity index (χ3v) is 6.95. The number of piperidine rings is 1. The number of rotatable bonds is 4. The molecule has 36 heavy (non-hydrogen) atoms. The van der Waals surface area contributed by atoms with Crippen LogP contribution in [0.15, 0.2) is 79.5 Å². The van der Waals surface area contributed by atoms with Crippen molar-refractivity contribution >= 4 is 17.5 Å². The van der Waals surface area contributed by atoms with Crippen molar-refractivity contribution in [2.75, 3.05) is 24.7 Å². The number of benzene rings is 1. The van der Waals surface area contributed by atoms with E-state index >= 15 is 0 Å². The first kappa shape index (κ1) is 21.9. The summed E-state index contributed by atoms with van der Waals surface area (Å²) in [5.41, 5.74) is 2.25. The lowest BCUT2D eigenvalue weighted by Crippen LogP contribution is -2.57. The summed E-state index contributed by atoms with van der Waals surface area (Å²) in [7, 11) is 0. The van der Waals surface area contributed by atoms with Crippen molar-refractivity contribution in [1.82, 2.24) is 34.9 Å². The fourth-order valence-corrected chi connectivity index (χ4v) is 5.06. The molecule has 2 saturated heterocycles. The minimum absolute atomic E-state index is 0.0188. The fraction of sp³-hybridized carbons (Fsp3) is 0.231. The minimum Gasteiger partial charge on any atom is -0.339 e. The highest BCUT2D eigenvalue weighted by Gasteiger charge is 2.51. The number of likely N-dealkylation sites (tertiary alicyclic amines) is 1. The predicted molar refractivity (Wildman–Crippen MR) is 132 cm³/mol. The third kappa shape index (κ3) is 3.67. The predicted octanol–water partition coefficient (Wildman–Crippen LogP) is 2.29. The zero-order valence-corrected chi connectivity index (χ0v) is 19.5. The van der Waals surface area contributed by atoms with Gasteiger partial charge in [0, 0.05) is 49.1 Å². The van der Waals surface area contributed by atoms with Crippen molar-refractivity contribution in [3.05, 3.63) is 85.2 Å². The fourth-order valence-electron chi connectivity index (χ4n) is 5.06. The van der Waals surface area contributed by atoms with Crippen molar-refractivity contribution in [1.29, 1.82) is 0 Å². The Morgan fingerprint density at radius 3 is 2.44 bits per heavy atom. The van der Waals surface area contributed by atoms with Crippen molar-refractivity contribution in [3.63, 3.8) is 0 Å². The van der Waals surface area contributed by atoms with Crippen LogP contribution >= 0.6 is 0 Å². The molecule has 180 valence electrons. The Hall–Kier alpha value is -4.60. The molecule has 1 N–H and O–H groups in total. The van der Waals surface area contributed by atoms with Gasteiger partial charge in [-0.15, -0.1) is 0 Å². The Balaban J connectivity index is 1.27.